The SMILES string of the molecule is CC(C)(C)c1ccnc(-n2c3ccccc3c3ccc(Oc4ccc5oc6ccccc6c6cccc(Nc7c(-c8ccccc8)cccc7-c7ccccc7)c6[nH]c5c4)cc32)c1. The van der Waals surface area contributed by atoms with Gasteiger partial charge in [0.25, 0.3) is 0 Å². The highest BCUT2D eigenvalue weighted by atomic mass is 16.5. The van der Waals surface area contributed by atoms with Crippen LogP contribution < -0.4 is 10.1 Å². The lowest BCUT2D eigenvalue weighted by Gasteiger charge is -2.20. The van der Waals surface area contributed by atoms with Crippen molar-refractivity contribution in [3.05, 3.63) is 206 Å². The molecule has 0 amide bonds. The second-order valence-electron chi connectivity index (χ2n) is 17.0. The van der Waals surface area contributed by atoms with Crippen LogP contribution >= 0.6 is 0 Å². The van der Waals surface area contributed by atoms with Crippen molar-refractivity contribution in [3.8, 4) is 39.6 Å². The van der Waals surface area contributed by atoms with Gasteiger partial charge in [-0.05, 0) is 76.7 Å². The average Bonchev–Trinajstić information content (AvgIpc) is 3.64. The number of hydrogen-bond acceptors (Lipinski definition) is 4. The number of pyridine rings is 1. The first kappa shape index (κ1) is 37.9. The number of aromatic amines is 1. The predicted molar refractivity (Wildman–Crippen MR) is 261 cm³/mol. The number of hydrogen-bond donors (Lipinski definition) is 2. The number of fused-ring (bicyclic) bond motifs is 7. The number of H-pyrrole nitrogens is 1. The molecule has 11 rings (SSSR count). The molecule has 304 valence electrons. The minimum Gasteiger partial charge on any atom is -0.457 e. The van der Waals surface area contributed by atoms with Gasteiger partial charge in [-0.15, -0.1) is 0 Å². The van der Waals surface area contributed by atoms with E-state index in [1.165, 1.54) is 5.56 Å². The molecule has 0 spiro atoms. The van der Waals surface area contributed by atoms with Crippen molar-refractivity contribution >= 4 is 66.2 Å². The molecular weight excluding hydrogens is 773 g/mol. The fraction of sp³-hybridized carbons (Fsp3) is 0.0702. The van der Waals surface area contributed by atoms with E-state index in [9.17, 15) is 0 Å². The van der Waals surface area contributed by atoms with Crippen LogP contribution in [0, 0.1) is 0 Å². The van der Waals surface area contributed by atoms with E-state index in [0.29, 0.717) is 17.1 Å². The molecule has 3 heterocycles. The first-order valence-electron chi connectivity index (χ1n) is 21.4. The Labute approximate surface area is 365 Å². The number of para-hydroxylation sites is 4. The van der Waals surface area contributed by atoms with Crippen LogP contribution in [0.3, 0.4) is 0 Å². The summed E-state index contributed by atoms with van der Waals surface area (Å²) in [6.45, 7) is 6.69. The number of nitrogens with zero attached hydrogens (tertiary/aromatic N) is 2. The first-order chi connectivity index (χ1) is 30.9. The van der Waals surface area contributed by atoms with Gasteiger partial charge in [0.2, 0.25) is 0 Å². The lowest BCUT2D eigenvalue weighted by Crippen LogP contribution is -2.12. The smallest absolute Gasteiger partial charge is 0.151 e. The van der Waals surface area contributed by atoms with Crippen LogP contribution in [-0.2, 0) is 5.41 Å². The van der Waals surface area contributed by atoms with Crippen molar-refractivity contribution < 1.29 is 9.15 Å². The van der Waals surface area contributed by atoms with E-state index < -0.39 is 0 Å². The topological polar surface area (TPSA) is 68.0 Å². The zero-order valence-corrected chi connectivity index (χ0v) is 35.3. The summed E-state index contributed by atoms with van der Waals surface area (Å²) in [5, 5.41) is 8.24. The maximum absolute atomic E-state index is 6.76. The molecule has 0 radical (unpaired) electrons. The molecule has 0 atom stereocenters. The fourth-order valence-electron chi connectivity index (χ4n) is 8.75. The van der Waals surface area contributed by atoms with Crippen LogP contribution in [0.2, 0.25) is 0 Å². The average molecular weight is 817 g/mol. The Hall–Kier alpha value is -8.09. The third-order valence-electron chi connectivity index (χ3n) is 11.9. The Kier molecular flexibility index (Phi) is 9.27. The van der Waals surface area contributed by atoms with Crippen molar-refractivity contribution in [2.75, 3.05) is 5.32 Å². The van der Waals surface area contributed by atoms with E-state index in [1.54, 1.807) is 0 Å². The highest BCUT2D eigenvalue weighted by molar-refractivity contribution is 6.10. The number of nitrogens with one attached hydrogen (secondary N) is 2. The number of benzene rings is 8. The zero-order chi connectivity index (χ0) is 42.5. The van der Waals surface area contributed by atoms with Gasteiger partial charge in [0.15, 0.2) is 5.58 Å². The number of rotatable bonds is 7. The van der Waals surface area contributed by atoms with Crippen LogP contribution in [-0.4, -0.2) is 14.5 Å². The van der Waals surface area contributed by atoms with Gasteiger partial charge in [0.1, 0.15) is 22.9 Å². The summed E-state index contributed by atoms with van der Waals surface area (Å²) in [6, 6.07) is 67.2. The van der Waals surface area contributed by atoms with E-state index in [1.807, 2.05) is 42.6 Å². The molecule has 0 saturated carbocycles. The highest BCUT2D eigenvalue weighted by Gasteiger charge is 2.19. The summed E-state index contributed by atoms with van der Waals surface area (Å²) in [4.78, 5) is 8.71. The van der Waals surface area contributed by atoms with Crippen molar-refractivity contribution in [3.63, 3.8) is 0 Å². The van der Waals surface area contributed by atoms with E-state index in [-0.39, 0.29) is 5.41 Å². The van der Waals surface area contributed by atoms with Gasteiger partial charge in [0, 0.05) is 51.0 Å². The number of anilines is 2. The summed E-state index contributed by atoms with van der Waals surface area (Å²) < 4.78 is 15.7. The van der Waals surface area contributed by atoms with Crippen molar-refractivity contribution in [1.82, 2.24) is 14.5 Å². The Morgan fingerprint density at radius 3 is 1.94 bits per heavy atom. The maximum Gasteiger partial charge on any atom is 0.151 e. The van der Waals surface area contributed by atoms with Gasteiger partial charge in [-0.3, -0.25) is 4.57 Å². The summed E-state index contributed by atoms with van der Waals surface area (Å²) in [7, 11) is 0. The lowest BCUT2D eigenvalue weighted by atomic mass is 9.88. The van der Waals surface area contributed by atoms with Crippen molar-refractivity contribution in [1.29, 1.82) is 0 Å². The Balaban J connectivity index is 1.07. The van der Waals surface area contributed by atoms with Gasteiger partial charge in [-0.25, -0.2) is 4.98 Å². The second kappa shape index (κ2) is 15.4. The highest BCUT2D eigenvalue weighted by Crippen LogP contribution is 2.41. The molecule has 6 heteroatoms. The standard InChI is InChI=1S/C57H44N4O2/c1-57(2,3)39-32-33-58-54(34-39)61-50-26-12-10-20-44(50)45-30-28-41(36-51(45)61)62-40-29-31-53-49(35-40)60-56-47(46-21-11-13-27-52(46)63-53)24-15-25-48(56)59-55-42(37-16-6-4-7-17-37)22-14-23-43(55)38-18-8-5-9-19-38/h4-36,59-60H,1-3H3. The minimum atomic E-state index is -0.0238. The van der Waals surface area contributed by atoms with Gasteiger partial charge in [-0.1, -0.05) is 148 Å². The third-order valence-corrected chi connectivity index (χ3v) is 11.9. The van der Waals surface area contributed by atoms with Crippen LogP contribution in [0.25, 0.3) is 82.8 Å². The zero-order valence-electron chi connectivity index (χ0n) is 35.3. The summed E-state index contributed by atoms with van der Waals surface area (Å²) in [6.07, 6.45) is 1.91. The van der Waals surface area contributed by atoms with E-state index in [4.69, 9.17) is 14.1 Å². The Bertz CT molecular complexity index is 3500. The molecule has 3 aromatic heterocycles. The molecule has 8 aromatic carbocycles. The summed E-state index contributed by atoms with van der Waals surface area (Å²) >= 11 is 0. The van der Waals surface area contributed by atoms with Gasteiger partial charge in [0.05, 0.1) is 33.4 Å². The van der Waals surface area contributed by atoms with E-state index >= 15 is 0 Å². The molecule has 6 nitrogen and oxygen atoms in total. The quantitative estimate of drug-likeness (QED) is 0.168. The molecule has 0 aliphatic carbocycles. The van der Waals surface area contributed by atoms with E-state index in [0.717, 1.165) is 88.6 Å². The molecule has 0 bridgehead atoms. The molecule has 2 N–H and O–H groups in total. The van der Waals surface area contributed by atoms with Crippen LogP contribution in [0.5, 0.6) is 11.5 Å². The lowest BCUT2D eigenvalue weighted by molar-refractivity contribution is 0.483. The number of aromatic nitrogens is 3. The van der Waals surface area contributed by atoms with Crippen LogP contribution in [0.1, 0.15) is 26.3 Å². The normalized spacial score (nSPS) is 11.7. The predicted octanol–water partition coefficient (Wildman–Crippen LogP) is 15.9. The molecule has 63 heavy (non-hydrogen) atoms. The Morgan fingerprint density at radius 1 is 0.540 bits per heavy atom. The van der Waals surface area contributed by atoms with Crippen molar-refractivity contribution in [2.45, 2.75) is 26.2 Å². The van der Waals surface area contributed by atoms with Crippen LogP contribution in [0.15, 0.2) is 205 Å². The molecule has 11 aromatic rings. The Morgan fingerprint density at radius 2 is 1.17 bits per heavy atom. The molecular formula is C57H44N4O2. The molecule has 0 aliphatic heterocycles. The molecule has 0 aliphatic rings. The third kappa shape index (κ3) is 7.01. The van der Waals surface area contributed by atoms with Gasteiger partial charge >= 0.3 is 0 Å². The molecule has 0 saturated heterocycles. The largest absolute Gasteiger partial charge is 0.457 e. The minimum absolute atomic E-state index is 0.0238. The first-order valence-corrected chi connectivity index (χ1v) is 21.4. The van der Waals surface area contributed by atoms with Crippen LogP contribution in [0.4, 0.5) is 11.4 Å². The molecule has 0 fully saturated rings. The fourth-order valence-corrected chi connectivity index (χ4v) is 8.75. The summed E-state index contributed by atoms with van der Waals surface area (Å²) in [5.41, 5.74) is 12.9. The monoisotopic (exact) mass is 816 g/mol. The maximum atomic E-state index is 6.76. The van der Waals surface area contributed by atoms with Gasteiger partial charge < -0.3 is 19.5 Å². The molecule has 0 unspecified atom stereocenters. The van der Waals surface area contributed by atoms with Gasteiger partial charge in [-0.2, -0.15) is 0 Å². The second-order valence-corrected chi connectivity index (χ2v) is 17.0. The van der Waals surface area contributed by atoms with E-state index in [2.05, 4.69) is 193 Å². The van der Waals surface area contributed by atoms with Crippen molar-refractivity contribution in [2.24, 2.45) is 0 Å². The number of ether oxygens (including phenoxy) is 1. The summed E-state index contributed by atoms with van der Waals surface area (Å²) in [5.74, 6) is 2.25.